The first-order chi connectivity index (χ1) is 20.2. The first kappa shape index (κ1) is 31.1. The molecule has 4 rings (SSSR count). The van der Waals surface area contributed by atoms with Gasteiger partial charge in [-0.25, -0.2) is 8.42 Å². The highest BCUT2D eigenvalue weighted by Gasteiger charge is 2.34. The van der Waals surface area contributed by atoms with Crippen LogP contribution in [0.2, 0.25) is 0 Å². The highest BCUT2D eigenvalue weighted by Crippen LogP contribution is 2.30. The fourth-order valence-corrected chi connectivity index (χ4v) is 6.32. The summed E-state index contributed by atoms with van der Waals surface area (Å²) < 4.78 is 33.0. The van der Waals surface area contributed by atoms with Crippen LogP contribution < -0.4 is 14.4 Å². The Labute approximate surface area is 249 Å². The number of nitrogens with zero attached hydrogens (tertiary/aromatic N) is 2. The molecule has 3 aromatic rings. The molecule has 1 fully saturated rings. The molecule has 0 aromatic heterocycles. The van der Waals surface area contributed by atoms with E-state index in [9.17, 15) is 18.0 Å². The second kappa shape index (κ2) is 14.4. The van der Waals surface area contributed by atoms with Gasteiger partial charge in [-0.05, 0) is 49.9 Å². The fourth-order valence-electron chi connectivity index (χ4n) is 5.46. The van der Waals surface area contributed by atoms with Crippen molar-refractivity contribution in [1.29, 1.82) is 0 Å². The summed E-state index contributed by atoms with van der Waals surface area (Å²) in [5.74, 6) is -0.341. The summed E-state index contributed by atoms with van der Waals surface area (Å²) in [5.41, 5.74) is 3.07. The topological polar surface area (TPSA) is 96.0 Å². The number of carbonyl (C=O) groups excluding carboxylic acids is 2. The maximum absolute atomic E-state index is 14.3. The minimum Gasteiger partial charge on any atom is -0.492 e. The SMILES string of the molecule is CCOc1ccccc1N(CC(=O)N(Cc1cccc(C)c1)C(Cc1ccccc1)C(=O)NC1CCCC1)S(C)(=O)=O. The molecule has 0 spiro atoms. The van der Waals surface area contributed by atoms with Crippen LogP contribution >= 0.6 is 0 Å². The summed E-state index contributed by atoms with van der Waals surface area (Å²) in [6, 6.07) is 23.4. The summed E-state index contributed by atoms with van der Waals surface area (Å²) in [7, 11) is -3.89. The van der Waals surface area contributed by atoms with E-state index in [0.29, 0.717) is 18.8 Å². The number of amides is 2. The smallest absolute Gasteiger partial charge is 0.244 e. The maximum Gasteiger partial charge on any atom is 0.244 e. The molecule has 1 unspecified atom stereocenters. The van der Waals surface area contributed by atoms with Crippen molar-refractivity contribution in [3.05, 3.63) is 95.6 Å². The van der Waals surface area contributed by atoms with Gasteiger partial charge in [0.1, 0.15) is 18.3 Å². The van der Waals surface area contributed by atoms with Gasteiger partial charge in [-0.15, -0.1) is 0 Å². The Balaban J connectivity index is 1.74. The van der Waals surface area contributed by atoms with Crippen LogP contribution in [0.1, 0.15) is 49.3 Å². The van der Waals surface area contributed by atoms with Gasteiger partial charge in [0, 0.05) is 19.0 Å². The van der Waals surface area contributed by atoms with E-state index in [-0.39, 0.29) is 24.2 Å². The molecule has 0 heterocycles. The van der Waals surface area contributed by atoms with Crippen LogP contribution in [0.4, 0.5) is 5.69 Å². The molecular weight excluding hydrogens is 550 g/mol. The van der Waals surface area contributed by atoms with Gasteiger partial charge in [0.25, 0.3) is 0 Å². The number of ether oxygens (including phenoxy) is 1. The summed E-state index contributed by atoms with van der Waals surface area (Å²) in [5, 5.41) is 3.19. The van der Waals surface area contributed by atoms with Gasteiger partial charge in [-0.1, -0.05) is 85.1 Å². The Kier molecular flexibility index (Phi) is 10.6. The Morgan fingerprint density at radius 2 is 1.62 bits per heavy atom. The van der Waals surface area contributed by atoms with Crippen molar-refractivity contribution >= 4 is 27.5 Å². The lowest BCUT2D eigenvalue weighted by molar-refractivity contribution is -0.140. The van der Waals surface area contributed by atoms with Gasteiger partial charge < -0.3 is 15.0 Å². The number of benzene rings is 3. The van der Waals surface area contributed by atoms with Crippen LogP contribution in [0, 0.1) is 6.92 Å². The minimum absolute atomic E-state index is 0.0669. The monoisotopic (exact) mass is 591 g/mol. The molecule has 1 aliphatic carbocycles. The third kappa shape index (κ3) is 8.35. The third-order valence-corrected chi connectivity index (χ3v) is 8.65. The van der Waals surface area contributed by atoms with Gasteiger partial charge in [-0.2, -0.15) is 0 Å². The number of aryl methyl sites for hydroxylation is 1. The molecule has 9 heteroatoms. The average molecular weight is 592 g/mol. The summed E-state index contributed by atoms with van der Waals surface area (Å²) >= 11 is 0. The molecule has 1 saturated carbocycles. The van der Waals surface area contributed by atoms with Gasteiger partial charge in [-0.3, -0.25) is 13.9 Å². The Morgan fingerprint density at radius 1 is 0.952 bits per heavy atom. The lowest BCUT2D eigenvalue weighted by atomic mass is 10.0. The zero-order chi connectivity index (χ0) is 30.1. The van der Waals surface area contributed by atoms with E-state index in [1.165, 1.54) is 4.90 Å². The average Bonchev–Trinajstić information content (AvgIpc) is 3.47. The quantitative estimate of drug-likeness (QED) is 0.306. The van der Waals surface area contributed by atoms with E-state index in [0.717, 1.165) is 52.9 Å². The summed E-state index contributed by atoms with van der Waals surface area (Å²) in [4.78, 5) is 29.8. The highest BCUT2D eigenvalue weighted by atomic mass is 32.2. The standard InChI is InChI=1S/C33H41N3O5S/c1-4-41-31-20-11-10-19-29(31)36(42(3,39)40)24-32(37)35(23-27-16-12-13-25(2)21-27)30(22-26-14-6-5-7-15-26)33(38)34-28-17-8-9-18-28/h5-7,10-16,19-21,28,30H,4,8-9,17-18,22-24H2,1-3H3,(H,34,38). The van der Waals surface area contributed by atoms with Crippen LogP contribution in [0.15, 0.2) is 78.9 Å². The molecule has 224 valence electrons. The number of hydrogen-bond donors (Lipinski definition) is 1. The Bertz CT molecular complexity index is 1460. The predicted octanol–water partition coefficient (Wildman–Crippen LogP) is 4.86. The van der Waals surface area contributed by atoms with Gasteiger partial charge >= 0.3 is 0 Å². The van der Waals surface area contributed by atoms with Crippen molar-refractivity contribution in [1.82, 2.24) is 10.2 Å². The maximum atomic E-state index is 14.3. The molecule has 0 radical (unpaired) electrons. The number of sulfonamides is 1. The number of rotatable bonds is 13. The zero-order valence-electron chi connectivity index (χ0n) is 24.7. The highest BCUT2D eigenvalue weighted by molar-refractivity contribution is 7.92. The van der Waals surface area contributed by atoms with E-state index in [1.807, 2.05) is 68.4 Å². The van der Waals surface area contributed by atoms with Crippen LogP contribution in [0.5, 0.6) is 5.75 Å². The molecule has 0 saturated heterocycles. The van der Waals surface area contributed by atoms with Crippen molar-refractivity contribution in [3.8, 4) is 5.75 Å². The second-order valence-corrected chi connectivity index (χ2v) is 12.8. The van der Waals surface area contributed by atoms with Crippen molar-refractivity contribution in [2.24, 2.45) is 0 Å². The van der Waals surface area contributed by atoms with Crippen LogP contribution in [0.3, 0.4) is 0 Å². The van der Waals surface area contributed by atoms with Crippen LogP contribution in [-0.2, 0) is 32.6 Å². The molecular formula is C33H41N3O5S. The number of hydrogen-bond acceptors (Lipinski definition) is 5. The first-order valence-electron chi connectivity index (χ1n) is 14.5. The van der Waals surface area contributed by atoms with Gasteiger partial charge in [0.2, 0.25) is 21.8 Å². The van der Waals surface area contributed by atoms with Crippen molar-refractivity contribution in [2.45, 2.75) is 64.6 Å². The van der Waals surface area contributed by atoms with Crippen LogP contribution in [-0.4, -0.2) is 56.6 Å². The van der Waals surface area contributed by atoms with Gasteiger partial charge in [0.05, 0.1) is 18.6 Å². The Morgan fingerprint density at radius 3 is 2.29 bits per heavy atom. The van der Waals surface area contributed by atoms with Crippen molar-refractivity contribution in [2.75, 3.05) is 23.7 Å². The van der Waals surface area contributed by atoms with Crippen molar-refractivity contribution < 1.29 is 22.7 Å². The van der Waals surface area contributed by atoms with Gasteiger partial charge in [0.15, 0.2) is 0 Å². The third-order valence-electron chi connectivity index (χ3n) is 7.52. The van der Waals surface area contributed by atoms with E-state index in [1.54, 1.807) is 24.3 Å². The van der Waals surface area contributed by atoms with Crippen LogP contribution in [0.25, 0.3) is 0 Å². The Hall–Kier alpha value is -3.85. The van der Waals surface area contributed by atoms with E-state index < -0.39 is 28.5 Å². The zero-order valence-corrected chi connectivity index (χ0v) is 25.5. The number of carbonyl (C=O) groups is 2. The number of nitrogens with one attached hydrogen (secondary N) is 1. The molecule has 1 N–H and O–H groups in total. The molecule has 0 bridgehead atoms. The fraction of sp³-hybridized carbons (Fsp3) is 0.394. The second-order valence-electron chi connectivity index (χ2n) is 10.9. The summed E-state index contributed by atoms with van der Waals surface area (Å²) in [6.07, 6.45) is 5.30. The first-order valence-corrected chi connectivity index (χ1v) is 16.4. The van der Waals surface area contributed by atoms with E-state index >= 15 is 0 Å². The lowest BCUT2D eigenvalue weighted by Crippen LogP contribution is -2.54. The molecule has 1 aliphatic rings. The predicted molar refractivity (Wildman–Crippen MR) is 166 cm³/mol. The number of para-hydroxylation sites is 2. The lowest BCUT2D eigenvalue weighted by Gasteiger charge is -2.34. The van der Waals surface area contributed by atoms with Crippen molar-refractivity contribution in [3.63, 3.8) is 0 Å². The normalized spacial score (nSPS) is 14.3. The molecule has 3 aromatic carbocycles. The molecule has 42 heavy (non-hydrogen) atoms. The minimum atomic E-state index is -3.89. The largest absolute Gasteiger partial charge is 0.492 e. The number of anilines is 1. The molecule has 8 nitrogen and oxygen atoms in total. The molecule has 1 atom stereocenters. The molecule has 2 amide bonds. The van der Waals surface area contributed by atoms with E-state index in [2.05, 4.69) is 5.32 Å². The molecule has 0 aliphatic heterocycles. The van der Waals surface area contributed by atoms with E-state index in [4.69, 9.17) is 4.74 Å². The summed E-state index contributed by atoms with van der Waals surface area (Å²) in [6.45, 7) is 3.80.